The van der Waals surface area contributed by atoms with Crippen LogP contribution in [-0.2, 0) is 14.0 Å². The first-order valence-corrected chi connectivity index (χ1v) is 9.81. The molecule has 1 saturated heterocycles. The van der Waals surface area contributed by atoms with Crippen LogP contribution in [0.25, 0.3) is 0 Å². The molecule has 0 saturated carbocycles. The molecule has 2 rings (SSSR count). The van der Waals surface area contributed by atoms with Crippen LogP contribution in [-0.4, -0.2) is 46.4 Å². The van der Waals surface area contributed by atoms with Gasteiger partial charge in [0.25, 0.3) is 0 Å². The van der Waals surface area contributed by atoms with Gasteiger partial charge in [0.05, 0.1) is 0 Å². The number of anilines is 1. The third kappa shape index (κ3) is 4.24. The molecule has 0 aromatic heterocycles. The average Bonchev–Trinajstić information content (AvgIpc) is 2.75. The van der Waals surface area contributed by atoms with Crippen molar-refractivity contribution in [3.63, 3.8) is 0 Å². The van der Waals surface area contributed by atoms with Crippen molar-refractivity contribution in [3.05, 3.63) is 29.1 Å². The first-order valence-electron chi connectivity index (χ1n) is 8.25. The molecule has 226 valence electrons. The molecule has 1 fully saturated rings. The maximum atomic E-state index is 15.5. The molecule has 27 heteroatoms. The third-order valence-electron chi connectivity index (χ3n) is 4.37. The second-order valence-corrected chi connectivity index (χ2v) is 8.67. The Morgan fingerprint density at radius 3 is 1.21 bits per heavy atom. The van der Waals surface area contributed by atoms with E-state index in [9.17, 15) is 88.3 Å². The summed E-state index contributed by atoms with van der Waals surface area (Å²) in [6, 6.07) is -7.75. The summed E-state index contributed by atoms with van der Waals surface area (Å²) in [5, 5.41) is -7.94. The highest BCUT2D eigenvalue weighted by Gasteiger charge is 2.91. The summed E-state index contributed by atoms with van der Waals surface area (Å²) in [5.74, 6) is -35.0. The van der Waals surface area contributed by atoms with Crippen molar-refractivity contribution >= 4 is 13.3 Å². The van der Waals surface area contributed by atoms with E-state index < -0.39 is 93.4 Å². The van der Waals surface area contributed by atoms with E-state index in [1.54, 1.807) is 0 Å². The van der Waals surface area contributed by atoms with Crippen LogP contribution in [0.2, 0.25) is 0 Å². The van der Waals surface area contributed by atoms with Gasteiger partial charge < -0.3 is 0 Å². The first kappa shape index (κ1) is 32.9. The number of alkyl halides is 11. The Morgan fingerprint density at radius 2 is 0.923 bits per heavy atom. The minimum Gasteiger partial charge on any atom is -0.253 e. The van der Waals surface area contributed by atoms with Crippen molar-refractivity contribution in [2.75, 3.05) is 4.67 Å². The maximum absolute atomic E-state index is 15.5. The predicted octanol–water partition coefficient (Wildman–Crippen LogP) is 7.16. The summed E-state index contributed by atoms with van der Waals surface area (Å²) in [4.78, 5) is 0. The minimum atomic E-state index is -9.02. The largest absolute Gasteiger partial charge is 0.451 e. The van der Waals surface area contributed by atoms with Gasteiger partial charge >= 0.3 is 43.7 Å². The van der Waals surface area contributed by atoms with Gasteiger partial charge in [0, 0.05) is 0 Å². The average molecular weight is 645 g/mol. The lowest BCUT2D eigenvalue weighted by Gasteiger charge is -2.51. The van der Waals surface area contributed by atoms with Gasteiger partial charge in [-0.3, -0.25) is 4.57 Å². The van der Waals surface area contributed by atoms with Gasteiger partial charge in [0.2, 0.25) is 5.82 Å². The second kappa shape index (κ2) is 9.10. The predicted molar refractivity (Wildman–Crippen MR) is 75.2 cm³/mol. The molecule has 1 heterocycles. The number of ether oxygens (including phenoxy) is 2. The van der Waals surface area contributed by atoms with Gasteiger partial charge in [-0.1, -0.05) is 17.9 Å². The zero-order chi connectivity index (χ0) is 31.1. The topological polar surface area (TPSA) is 45.3 Å². The van der Waals surface area contributed by atoms with Crippen LogP contribution in [0.5, 0.6) is 0 Å². The summed E-state index contributed by atoms with van der Waals surface area (Å²) in [5.41, 5.74) is -4.30. The normalized spacial score (nSPS) is 22.2. The standard InChI is InChI=1S/C12F20N3O3P/c13-1-2(14)4(16)6(5(17)3(1)15)33(39(36,34(29)30)35(31)32)8(20,9(21,22)23)12(28)37-10(24,25)7(18,19)11(26,27)38-12/t8-/m0/s1. The third-order valence-corrected chi connectivity index (χ3v) is 6.15. The molecule has 6 nitrogen and oxygen atoms in total. The van der Waals surface area contributed by atoms with Crippen molar-refractivity contribution < 1.29 is 102 Å². The molecule has 0 aliphatic carbocycles. The zero-order valence-electron chi connectivity index (χ0n) is 16.6. The Hall–Kier alpha value is -2.31. The Balaban J connectivity index is 3.26. The van der Waals surface area contributed by atoms with Gasteiger partial charge in [-0.2, -0.15) is 48.3 Å². The van der Waals surface area contributed by atoms with Crippen molar-refractivity contribution in [1.29, 1.82) is 0 Å². The molecule has 1 aliphatic heterocycles. The van der Waals surface area contributed by atoms with E-state index in [0.717, 1.165) is 0 Å². The van der Waals surface area contributed by atoms with E-state index in [4.69, 9.17) is 0 Å². The number of rotatable bonds is 6. The molecular weight excluding hydrogens is 645 g/mol. The number of nitrogens with zero attached hydrogens (tertiary/aromatic N) is 3. The van der Waals surface area contributed by atoms with Gasteiger partial charge in [-0.15, -0.1) is 0 Å². The fourth-order valence-electron chi connectivity index (χ4n) is 2.63. The fraction of sp³-hybridized carbons (Fsp3) is 0.500. The van der Waals surface area contributed by atoms with Gasteiger partial charge in [0.15, 0.2) is 23.3 Å². The summed E-state index contributed by atoms with van der Waals surface area (Å²) >= 11 is 0. The molecule has 39 heavy (non-hydrogen) atoms. The summed E-state index contributed by atoms with van der Waals surface area (Å²) in [6.07, 6.45) is -23.2. The Kier molecular flexibility index (Phi) is 7.68. The molecular formula is C12F20N3O3P. The van der Waals surface area contributed by atoms with E-state index in [1.165, 1.54) is 0 Å². The van der Waals surface area contributed by atoms with Crippen LogP contribution in [0.15, 0.2) is 0 Å². The number of benzene rings is 1. The molecule has 1 atom stereocenters. The van der Waals surface area contributed by atoms with Crippen LogP contribution >= 0.6 is 7.59 Å². The highest BCUT2D eigenvalue weighted by Crippen LogP contribution is 2.70. The molecule has 1 aliphatic rings. The molecule has 0 bridgehead atoms. The van der Waals surface area contributed by atoms with Gasteiger partial charge in [-0.05, 0) is 0 Å². The molecule has 0 N–H and O–H groups in total. The quantitative estimate of drug-likeness (QED) is 0.0818. The van der Waals surface area contributed by atoms with E-state index in [0.29, 0.717) is 0 Å². The number of halogens is 20. The molecule has 0 unspecified atom stereocenters. The highest BCUT2D eigenvalue weighted by molar-refractivity contribution is 7.60. The Labute approximate surface area is 197 Å². The van der Waals surface area contributed by atoms with Crippen LogP contribution < -0.4 is 4.67 Å². The monoisotopic (exact) mass is 645 g/mol. The smallest absolute Gasteiger partial charge is 0.253 e. The van der Waals surface area contributed by atoms with Gasteiger partial charge in [-0.25, -0.2) is 36.1 Å². The Bertz CT molecular complexity index is 1130. The van der Waals surface area contributed by atoms with Crippen molar-refractivity contribution in [1.82, 2.24) is 10.2 Å². The van der Waals surface area contributed by atoms with Crippen molar-refractivity contribution in [2.24, 2.45) is 0 Å². The summed E-state index contributed by atoms with van der Waals surface area (Å²) in [7, 11) is -9.02. The lowest BCUT2D eigenvalue weighted by Crippen LogP contribution is -2.77. The lowest BCUT2D eigenvalue weighted by molar-refractivity contribution is -0.610. The molecule has 0 radical (unpaired) electrons. The van der Waals surface area contributed by atoms with Crippen LogP contribution in [0.3, 0.4) is 0 Å². The summed E-state index contributed by atoms with van der Waals surface area (Å²) < 4.78 is 286. The highest BCUT2D eigenvalue weighted by atomic mass is 31.2. The lowest BCUT2D eigenvalue weighted by atomic mass is 10.1. The number of hydrogen-bond donors (Lipinski definition) is 0. The fourth-order valence-corrected chi connectivity index (χ4v) is 4.03. The molecule has 0 spiro atoms. The minimum absolute atomic E-state index is 1.88. The summed E-state index contributed by atoms with van der Waals surface area (Å²) in [6.45, 7) is 0. The Morgan fingerprint density at radius 1 is 0.615 bits per heavy atom. The first-order chi connectivity index (χ1) is 17.1. The van der Waals surface area contributed by atoms with E-state index in [-0.39, 0.29) is 0 Å². The molecule has 1 aromatic rings. The number of hydrogen-bond acceptors (Lipinski definition) is 3. The molecule has 1 aromatic carbocycles. The van der Waals surface area contributed by atoms with Crippen molar-refractivity contribution in [2.45, 2.75) is 36.1 Å². The van der Waals surface area contributed by atoms with Crippen LogP contribution in [0, 0.1) is 29.1 Å². The van der Waals surface area contributed by atoms with Crippen LogP contribution in [0.1, 0.15) is 0 Å². The van der Waals surface area contributed by atoms with Crippen molar-refractivity contribution in [3.8, 4) is 0 Å². The van der Waals surface area contributed by atoms with Crippen LogP contribution in [0.4, 0.5) is 93.9 Å². The van der Waals surface area contributed by atoms with E-state index in [2.05, 4.69) is 0 Å². The molecule has 0 amide bonds. The SMILES string of the molecule is O=P(N(F)F)(N(F)F)N(c1c(F)c(F)c(F)c(F)c1F)[C@@](F)(C(F)(F)F)C1(F)OC(F)(F)C(F)(F)C(F)(F)O1. The van der Waals surface area contributed by atoms with E-state index in [1.807, 2.05) is 9.47 Å². The van der Waals surface area contributed by atoms with E-state index >= 15 is 4.39 Å². The second-order valence-electron chi connectivity index (χ2n) is 6.64. The zero-order valence-corrected chi connectivity index (χ0v) is 17.5. The maximum Gasteiger partial charge on any atom is 0.451 e. The van der Waals surface area contributed by atoms with Gasteiger partial charge in [0.1, 0.15) is 15.9 Å².